The quantitative estimate of drug-likeness (QED) is 0.766. The predicted molar refractivity (Wildman–Crippen MR) is 55.1 cm³/mol. The van der Waals surface area contributed by atoms with Crippen LogP contribution in [0.4, 0.5) is 0 Å². The molecule has 0 saturated carbocycles. The Balaban J connectivity index is 2.59. The van der Waals surface area contributed by atoms with Crippen LogP contribution in [0.25, 0.3) is 0 Å². The lowest BCUT2D eigenvalue weighted by atomic mass is 10.1. The third-order valence-corrected chi connectivity index (χ3v) is 2.17. The molecule has 0 aliphatic heterocycles. The van der Waals surface area contributed by atoms with E-state index in [1.165, 1.54) is 0 Å². The molecule has 76 valence electrons. The van der Waals surface area contributed by atoms with Gasteiger partial charge in [0.05, 0.1) is 0 Å². The van der Waals surface area contributed by atoms with Crippen LogP contribution in [-0.4, -0.2) is 17.1 Å². The van der Waals surface area contributed by atoms with Gasteiger partial charge < -0.3 is 5.11 Å². The topological polar surface area (TPSA) is 49.3 Å². The van der Waals surface area contributed by atoms with Gasteiger partial charge in [0.2, 0.25) is 0 Å². The van der Waals surface area contributed by atoms with Gasteiger partial charge in [0.25, 0.3) is 0 Å². The van der Waals surface area contributed by atoms with E-state index in [2.05, 4.69) is 5.32 Å². The molecule has 0 unspecified atom stereocenters. The number of nitrogens with one attached hydrogen (secondary N) is 1. The summed E-state index contributed by atoms with van der Waals surface area (Å²) in [5, 5.41) is 11.7. The van der Waals surface area contributed by atoms with Crippen molar-refractivity contribution in [3.63, 3.8) is 0 Å². The molecule has 2 atom stereocenters. The summed E-state index contributed by atoms with van der Waals surface area (Å²) in [6.45, 7) is 3.59. The summed E-state index contributed by atoms with van der Waals surface area (Å²) in [6.07, 6.45) is 0. The van der Waals surface area contributed by atoms with Gasteiger partial charge >= 0.3 is 5.97 Å². The first-order valence-electron chi connectivity index (χ1n) is 4.65. The van der Waals surface area contributed by atoms with Gasteiger partial charge in [-0.25, -0.2) is 0 Å². The van der Waals surface area contributed by atoms with Gasteiger partial charge in [-0.2, -0.15) is 0 Å². The number of carboxylic acid groups (broad SMARTS) is 1. The summed E-state index contributed by atoms with van der Waals surface area (Å²) in [4.78, 5) is 10.6. The molecule has 0 aliphatic carbocycles. The molecule has 0 amide bonds. The number of hydrogen-bond donors (Lipinski definition) is 2. The van der Waals surface area contributed by atoms with Gasteiger partial charge in [0.15, 0.2) is 0 Å². The summed E-state index contributed by atoms with van der Waals surface area (Å²) >= 11 is 0. The van der Waals surface area contributed by atoms with Crippen molar-refractivity contribution >= 4 is 5.97 Å². The second kappa shape index (κ2) is 4.77. The average Bonchev–Trinajstić information content (AvgIpc) is 2.19. The van der Waals surface area contributed by atoms with E-state index in [9.17, 15) is 4.79 Å². The third-order valence-electron chi connectivity index (χ3n) is 2.17. The summed E-state index contributed by atoms with van der Waals surface area (Å²) in [5.41, 5.74) is 1.10. The molecule has 0 heterocycles. The lowest BCUT2D eigenvalue weighted by molar-refractivity contribution is -0.139. The predicted octanol–water partition coefficient (Wildman–Crippen LogP) is 1.81. The normalized spacial score (nSPS) is 14.7. The van der Waals surface area contributed by atoms with E-state index >= 15 is 0 Å². The third kappa shape index (κ3) is 2.85. The van der Waals surface area contributed by atoms with E-state index in [1.54, 1.807) is 6.92 Å². The van der Waals surface area contributed by atoms with Crippen molar-refractivity contribution in [1.29, 1.82) is 0 Å². The van der Waals surface area contributed by atoms with E-state index in [1.807, 2.05) is 37.3 Å². The lowest BCUT2D eigenvalue weighted by Gasteiger charge is -2.17. The van der Waals surface area contributed by atoms with Crippen LogP contribution < -0.4 is 5.32 Å². The summed E-state index contributed by atoms with van der Waals surface area (Å²) < 4.78 is 0. The first-order chi connectivity index (χ1) is 6.61. The average molecular weight is 193 g/mol. The summed E-state index contributed by atoms with van der Waals surface area (Å²) in [6, 6.07) is 9.32. The molecule has 3 nitrogen and oxygen atoms in total. The molecular weight excluding hydrogens is 178 g/mol. The first-order valence-corrected chi connectivity index (χ1v) is 4.65. The number of rotatable bonds is 4. The Kier molecular flexibility index (Phi) is 3.65. The van der Waals surface area contributed by atoms with Crippen LogP contribution >= 0.6 is 0 Å². The second-order valence-electron chi connectivity index (χ2n) is 3.36. The molecule has 0 radical (unpaired) electrons. The van der Waals surface area contributed by atoms with Gasteiger partial charge in [-0.3, -0.25) is 10.1 Å². The van der Waals surface area contributed by atoms with Crippen molar-refractivity contribution in [3.8, 4) is 0 Å². The minimum Gasteiger partial charge on any atom is -0.480 e. The van der Waals surface area contributed by atoms with E-state index in [-0.39, 0.29) is 6.04 Å². The van der Waals surface area contributed by atoms with Crippen molar-refractivity contribution < 1.29 is 9.90 Å². The summed E-state index contributed by atoms with van der Waals surface area (Å²) in [7, 11) is 0. The molecule has 1 aromatic rings. The highest BCUT2D eigenvalue weighted by Crippen LogP contribution is 2.11. The van der Waals surface area contributed by atoms with Gasteiger partial charge in [-0.15, -0.1) is 0 Å². The molecule has 0 aliphatic rings. The number of aliphatic carboxylic acids is 1. The molecule has 0 aromatic heterocycles. The molecule has 0 fully saturated rings. The SMILES string of the molecule is C[C@H](N[C@H](C)c1ccccc1)C(=O)O. The zero-order chi connectivity index (χ0) is 10.6. The number of carbonyl (C=O) groups is 1. The number of carboxylic acids is 1. The highest BCUT2D eigenvalue weighted by Gasteiger charge is 2.14. The van der Waals surface area contributed by atoms with Crippen molar-refractivity contribution in [3.05, 3.63) is 35.9 Å². The Bertz CT molecular complexity index is 297. The largest absolute Gasteiger partial charge is 0.480 e. The molecule has 1 aromatic carbocycles. The Hall–Kier alpha value is -1.35. The molecule has 1 rings (SSSR count). The number of benzene rings is 1. The minimum atomic E-state index is -0.826. The highest BCUT2D eigenvalue weighted by atomic mass is 16.4. The van der Waals surface area contributed by atoms with Gasteiger partial charge in [0.1, 0.15) is 6.04 Å². The van der Waals surface area contributed by atoms with Crippen LogP contribution in [-0.2, 0) is 4.79 Å². The van der Waals surface area contributed by atoms with Crippen LogP contribution in [0.3, 0.4) is 0 Å². The molecule has 0 saturated heterocycles. The van der Waals surface area contributed by atoms with E-state index in [0.717, 1.165) is 5.56 Å². The fourth-order valence-electron chi connectivity index (χ4n) is 1.28. The van der Waals surface area contributed by atoms with Gasteiger partial charge in [-0.05, 0) is 19.4 Å². The molecular formula is C11H15NO2. The Morgan fingerprint density at radius 1 is 1.29 bits per heavy atom. The second-order valence-corrected chi connectivity index (χ2v) is 3.36. The van der Waals surface area contributed by atoms with Crippen molar-refractivity contribution in [1.82, 2.24) is 5.32 Å². The first kappa shape index (κ1) is 10.7. The van der Waals surface area contributed by atoms with Crippen molar-refractivity contribution in [2.75, 3.05) is 0 Å². The van der Waals surface area contributed by atoms with Crippen LogP contribution in [0.15, 0.2) is 30.3 Å². The maximum Gasteiger partial charge on any atom is 0.320 e. The zero-order valence-electron chi connectivity index (χ0n) is 8.40. The van der Waals surface area contributed by atoms with Crippen molar-refractivity contribution in [2.24, 2.45) is 0 Å². The van der Waals surface area contributed by atoms with Gasteiger partial charge in [0, 0.05) is 6.04 Å². The molecule has 14 heavy (non-hydrogen) atoms. The van der Waals surface area contributed by atoms with E-state index in [4.69, 9.17) is 5.11 Å². The van der Waals surface area contributed by atoms with E-state index < -0.39 is 12.0 Å². The monoisotopic (exact) mass is 193 g/mol. The fourth-order valence-corrected chi connectivity index (χ4v) is 1.28. The molecule has 0 spiro atoms. The molecule has 0 bridgehead atoms. The zero-order valence-corrected chi connectivity index (χ0v) is 8.40. The Morgan fingerprint density at radius 3 is 2.36 bits per heavy atom. The Morgan fingerprint density at radius 2 is 1.86 bits per heavy atom. The molecule has 3 heteroatoms. The minimum absolute atomic E-state index is 0.0577. The Labute approximate surface area is 83.8 Å². The molecule has 2 N–H and O–H groups in total. The van der Waals surface area contributed by atoms with Crippen molar-refractivity contribution in [2.45, 2.75) is 25.9 Å². The van der Waals surface area contributed by atoms with Crippen LogP contribution in [0.1, 0.15) is 25.5 Å². The van der Waals surface area contributed by atoms with Crippen LogP contribution in [0.2, 0.25) is 0 Å². The van der Waals surface area contributed by atoms with E-state index in [0.29, 0.717) is 0 Å². The van der Waals surface area contributed by atoms with Gasteiger partial charge in [-0.1, -0.05) is 30.3 Å². The van der Waals surface area contributed by atoms with Crippen LogP contribution in [0, 0.1) is 0 Å². The van der Waals surface area contributed by atoms with Crippen LogP contribution in [0.5, 0.6) is 0 Å². The maximum absolute atomic E-state index is 10.6. The highest BCUT2D eigenvalue weighted by molar-refractivity contribution is 5.72. The maximum atomic E-state index is 10.6. The summed E-state index contributed by atoms with van der Waals surface area (Å²) in [5.74, 6) is -0.826. The fraction of sp³-hybridized carbons (Fsp3) is 0.364. The lowest BCUT2D eigenvalue weighted by Crippen LogP contribution is -2.35. The number of hydrogen-bond acceptors (Lipinski definition) is 2. The smallest absolute Gasteiger partial charge is 0.320 e. The standard InChI is InChI=1S/C11H15NO2/c1-8(12-9(2)11(13)14)10-6-4-3-5-7-10/h3-9,12H,1-2H3,(H,13,14)/t8-,9+/m1/s1.